The van der Waals surface area contributed by atoms with E-state index in [1.54, 1.807) is 0 Å². The van der Waals surface area contributed by atoms with Crippen LogP contribution in [0.1, 0.15) is 23.7 Å². The van der Waals surface area contributed by atoms with Gasteiger partial charge in [0.05, 0.1) is 23.5 Å². The van der Waals surface area contributed by atoms with Crippen LogP contribution in [-0.4, -0.2) is 41.2 Å². The number of hydrogen-bond donors (Lipinski definition) is 2. The molecule has 0 spiro atoms. The molecule has 1 rings (SSSR count). The quantitative estimate of drug-likeness (QED) is 0.576. The lowest BCUT2D eigenvalue weighted by atomic mass is 9.98. The van der Waals surface area contributed by atoms with E-state index < -0.39 is 22.3 Å². The highest BCUT2D eigenvalue weighted by atomic mass is 16.6. The minimum absolute atomic E-state index is 0.0000329. The smallest absolute Gasteiger partial charge is 0.305 e. The van der Waals surface area contributed by atoms with Gasteiger partial charge in [0.2, 0.25) is 0 Å². The van der Waals surface area contributed by atoms with Gasteiger partial charge in [-0.05, 0) is 13.0 Å². The molecule has 0 saturated heterocycles. The minimum Gasteiger partial charge on any atom is -0.481 e. The SMILES string of the molecule is COCC(C)(CC(=O)O)NC(=O)c1cccc([N+](=O)[O-])c1. The molecule has 0 saturated carbocycles. The van der Waals surface area contributed by atoms with E-state index in [0.717, 1.165) is 6.07 Å². The van der Waals surface area contributed by atoms with Crippen molar-refractivity contribution in [1.29, 1.82) is 0 Å². The predicted molar refractivity (Wildman–Crippen MR) is 73.1 cm³/mol. The highest BCUT2D eigenvalue weighted by molar-refractivity contribution is 5.95. The van der Waals surface area contributed by atoms with E-state index in [9.17, 15) is 19.7 Å². The number of non-ortho nitro benzene ring substituents is 1. The number of methoxy groups -OCH3 is 1. The summed E-state index contributed by atoms with van der Waals surface area (Å²) in [7, 11) is 1.39. The van der Waals surface area contributed by atoms with Crippen molar-refractivity contribution < 1.29 is 24.4 Å². The molecular formula is C13H16N2O6. The molecule has 2 N–H and O–H groups in total. The molecule has 0 radical (unpaired) electrons. The summed E-state index contributed by atoms with van der Waals surface area (Å²) in [5, 5.41) is 22.1. The Morgan fingerprint density at radius 1 is 1.48 bits per heavy atom. The Kier molecular flexibility index (Phi) is 5.37. The summed E-state index contributed by atoms with van der Waals surface area (Å²) in [5.41, 5.74) is -1.24. The molecule has 0 aliphatic rings. The molecule has 0 aromatic heterocycles. The first-order valence-electron chi connectivity index (χ1n) is 6.05. The van der Waals surface area contributed by atoms with E-state index in [0.29, 0.717) is 0 Å². The average Bonchev–Trinajstić information content (AvgIpc) is 2.37. The van der Waals surface area contributed by atoms with Gasteiger partial charge in [-0.2, -0.15) is 0 Å². The van der Waals surface area contributed by atoms with E-state index in [-0.39, 0.29) is 24.3 Å². The van der Waals surface area contributed by atoms with E-state index in [2.05, 4.69) is 5.32 Å². The third-order valence-corrected chi connectivity index (χ3v) is 2.74. The van der Waals surface area contributed by atoms with Gasteiger partial charge in [0.25, 0.3) is 11.6 Å². The molecule has 1 atom stereocenters. The first kappa shape index (κ1) is 16.6. The number of carbonyl (C=O) groups excluding carboxylic acids is 1. The zero-order valence-corrected chi connectivity index (χ0v) is 11.7. The van der Waals surface area contributed by atoms with Crippen molar-refractivity contribution in [2.75, 3.05) is 13.7 Å². The first-order chi connectivity index (χ1) is 9.77. The number of amides is 1. The molecule has 1 unspecified atom stereocenters. The number of nitro benzene ring substituents is 1. The normalized spacial score (nSPS) is 13.2. The van der Waals surface area contributed by atoms with Crippen molar-refractivity contribution in [3.63, 3.8) is 0 Å². The van der Waals surface area contributed by atoms with E-state index in [1.807, 2.05) is 0 Å². The van der Waals surface area contributed by atoms with Gasteiger partial charge in [0, 0.05) is 24.8 Å². The molecular weight excluding hydrogens is 280 g/mol. The van der Waals surface area contributed by atoms with Gasteiger partial charge in [0.1, 0.15) is 0 Å². The number of hydrogen-bond acceptors (Lipinski definition) is 5. The molecule has 1 aromatic rings. The Labute approximate surface area is 120 Å². The standard InChI is InChI=1S/C13H16N2O6/c1-13(8-21-2,7-11(16)17)14-12(18)9-4-3-5-10(6-9)15(19)20/h3-6H,7-8H2,1-2H3,(H,14,18)(H,16,17). The molecule has 1 amide bonds. The third kappa shape index (κ3) is 4.84. The molecule has 114 valence electrons. The van der Waals surface area contributed by atoms with Gasteiger partial charge in [-0.3, -0.25) is 19.7 Å². The molecule has 21 heavy (non-hydrogen) atoms. The van der Waals surface area contributed by atoms with Gasteiger partial charge in [-0.25, -0.2) is 0 Å². The maximum absolute atomic E-state index is 12.1. The van der Waals surface area contributed by atoms with Crippen molar-refractivity contribution in [3.8, 4) is 0 Å². The summed E-state index contributed by atoms with van der Waals surface area (Å²) in [4.78, 5) is 33.0. The maximum atomic E-state index is 12.1. The van der Waals surface area contributed by atoms with Crippen LogP contribution >= 0.6 is 0 Å². The Bertz CT molecular complexity index is 559. The highest BCUT2D eigenvalue weighted by Crippen LogP contribution is 2.16. The van der Waals surface area contributed by atoms with E-state index in [1.165, 1.54) is 32.2 Å². The van der Waals surface area contributed by atoms with Crippen LogP contribution in [0.25, 0.3) is 0 Å². The second-order valence-corrected chi connectivity index (χ2v) is 4.83. The van der Waals surface area contributed by atoms with Crippen molar-refractivity contribution in [2.45, 2.75) is 18.9 Å². The summed E-state index contributed by atoms with van der Waals surface area (Å²) in [5.74, 6) is -1.69. The number of nitrogens with one attached hydrogen (secondary N) is 1. The number of rotatable bonds is 7. The molecule has 0 fully saturated rings. The lowest BCUT2D eigenvalue weighted by Crippen LogP contribution is -2.50. The summed E-state index contributed by atoms with van der Waals surface area (Å²) in [6, 6.07) is 5.19. The fourth-order valence-electron chi connectivity index (χ4n) is 1.89. The van der Waals surface area contributed by atoms with Crippen LogP contribution in [-0.2, 0) is 9.53 Å². The molecule has 0 aliphatic carbocycles. The highest BCUT2D eigenvalue weighted by Gasteiger charge is 2.30. The Balaban J connectivity index is 2.94. The second kappa shape index (κ2) is 6.80. The molecule has 1 aromatic carbocycles. The predicted octanol–water partition coefficient (Wildman–Crippen LogP) is 1.20. The van der Waals surface area contributed by atoms with Crippen molar-refractivity contribution in [2.24, 2.45) is 0 Å². The molecule has 0 aliphatic heterocycles. The summed E-state index contributed by atoms with van der Waals surface area (Å²) in [6.45, 7) is 1.53. The lowest BCUT2D eigenvalue weighted by Gasteiger charge is -2.28. The largest absolute Gasteiger partial charge is 0.481 e. The number of ether oxygens (including phenoxy) is 1. The van der Waals surface area contributed by atoms with Gasteiger partial charge in [-0.15, -0.1) is 0 Å². The maximum Gasteiger partial charge on any atom is 0.305 e. The summed E-state index contributed by atoms with van der Waals surface area (Å²) in [6.07, 6.45) is -0.332. The van der Waals surface area contributed by atoms with Crippen LogP contribution in [0.4, 0.5) is 5.69 Å². The van der Waals surface area contributed by atoms with E-state index in [4.69, 9.17) is 9.84 Å². The van der Waals surface area contributed by atoms with E-state index >= 15 is 0 Å². The van der Waals surface area contributed by atoms with Crippen LogP contribution in [0.2, 0.25) is 0 Å². The van der Waals surface area contributed by atoms with Gasteiger partial charge in [-0.1, -0.05) is 6.07 Å². The number of carboxylic acids is 1. The van der Waals surface area contributed by atoms with Crippen LogP contribution < -0.4 is 5.32 Å². The molecule has 8 nitrogen and oxygen atoms in total. The third-order valence-electron chi connectivity index (χ3n) is 2.74. The van der Waals surface area contributed by atoms with Crippen molar-refractivity contribution in [3.05, 3.63) is 39.9 Å². The summed E-state index contributed by atoms with van der Waals surface area (Å²) < 4.78 is 4.92. The molecule has 0 bridgehead atoms. The number of benzene rings is 1. The fraction of sp³-hybridized carbons (Fsp3) is 0.385. The summed E-state index contributed by atoms with van der Waals surface area (Å²) >= 11 is 0. The van der Waals surface area contributed by atoms with Crippen LogP contribution in [0.5, 0.6) is 0 Å². The Hall–Kier alpha value is -2.48. The number of nitrogens with zero attached hydrogens (tertiary/aromatic N) is 1. The minimum atomic E-state index is -1.11. The Morgan fingerprint density at radius 3 is 2.67 bits per heavy atom. The number of carboxylic acid groups (broad SMARTS) is 1. The number of aliphatic carboxylic acids is 1. The zero-order chi connectivity index (χ0) is 16.0. The molecule has 8 heteroatoms. The van der Waals surface area contributed by atoms with Crippen molar-refractivity contribution in [1.82, 2.24) is 5.32 Å². The number of carbonyl (C=O) groups is 2. The van der Waals surface area contributed by atoms with Gasteiger partial charge < -0.3 is 15.2 Å². The number of nitro groups is 1. The van der Waals surface area contributed by atoms with Gasteiger partial charge in [0.15, 0.2) is 0 Å². The van der Waals surface area contributed by atoms with Crippen molar-refractivity contribution >= 4 is 17.6 Å². The Morgan fingerprint density at radius 2 is 2.14 bits per heavy atom. The van der Waals surface area contributed by atoms with Gasteiger partial charge >= 0.3 is 5.97 Å². The topological polar surface area (TPSA) is 119 Å². The molecule has 0 heterocycles. The lowest BCUT2D eigenvalue weighted by molar-refractivity contribution is -0.384. The second-order valence-electron chi connectivity index (χ2n) is 4.83. The van der Waals surface area contributed by atoms with Crippen LogP contribution in [0.15, 0.2) is 24.3 Å². The first-order valence-corrected chi connectivity index (χ1v) is 6.05. The van der Waals surface area contributed by atoms with Crippen LogP contribution in [0, 0.1) is 10.1 Å². The zero-order valence-electron chi connectivity index (χ0n) is 11.7. The monoisotopic (exact) mass is 296 g/mol. The van der Waals surface area contributed by atoms with Crippen LogP contribution in [0.3, 0.4) is 0 Å². The fourth-order valence-corrected chi connectivity index (χ4v) is 1.89. The average molecular weight is 296 g/mol.